The third-order valence-corrected chi connectivity index (χ3v) is 2.93. The Morgan fingerprint density at radius 2 is 2.05 bits per heavy atom. The van der Waals surface area contributed by atoms with Gasteiger partial charge < -0.3 is 14.6 Å². The predicted molar refractivity (Wildman–Crippen MR) is 77.8 cm³/mol. The number of carbonyl (C=O) groups excluding carboxylic acids is 1. The highest BCUT2D eigenvalue weighted by molar-refractivity contribution is 5.78. The van der Waals surface area contributed by atoms with Crippen molar-refractivity contribution in [2.24, 2.45) is 5.92 Å². The summed E-state index contributed by atoms with van der Waals surface area (Å²) in [6.07, 6.45) is 3.76. The summed E-state index contributed by atoms with van der Waals surface area (Å²) in [5.74, 6) is 0.0831. The summed E-state index contributed by atoms with van der Waals surface area (Å²) in [4.78, 5) is 28.0. The Labute approximate surface area is 119 Å². The standard InChI is InChI=1S/C14H23N3O3/c1-9(2)8-11(14(19)20-5)16-12-13(18)17(10(3)4)7-6-15-12/h6-7,9-11H,8H2,1-5H3,(H,15,16). The largest absolute Gasteiger partial charge is 0.467 e. The maximum Gasteiger partial charge on any atom is 0.328 e. The van der Waals surface area contributed by atoms with Crippen molar-refractivity contribution in [1.29, 1.82) is 0 Å². The summed E-state index contributed by atoms with van der Waals surface area (Å²) in [6, 6.07) is -0.532. The van der Waals surface area contributed by atoms with E-state index in [1.165, 1.54) is 7.11 Å². The van der Waals surface area contributed by atoms with Crippen LogP contribution < -0.4 is 10.9 Å². The van der Waals surface area contributed by atoms with E-state index in [-0.39, 0.29) is 23.4 Å². The molecule has 6 heteroatoms. The molecular weight excluding hydrogens is 258 g/mol. The van der Waals surface area contributed by atoms with E-state index in [4.69, 9.17) is 4.74 Å². The molecule has 0 bridgehead atoms. The van der Waals surface area contributed by atoms with E-state index in [9.17, 15) is 9.59 Å². The second-order valence-corrected chi connectivity index (χ2v) is 5.43. The van der Waals surface area contributed by atoms with Gasteiger partial charge in [-0.25, -0.2) is 9.78 Å². The van der Waals surface area contributed by atoms with E-state index >= 15 is 0 Å². The van der Waals surface area contributed by atoms with Crippen LogP contribution in [0.4, 0.5) is 5.82 Å². The van der Waals surface area contributed by atoms with E-state index in [1.807, 2.05) is 27.7 Å². The SMILES string of the molecule is COC(=O)C(CC(C)C)Nc1nccn(C(C)C)c1=O. The number of hydrogen-bond donors (Lipinski definition) is 1. The fourth-order valence-corrected chi connectivity index (χ4v) is 1.92. The third-order valence-electron chi connectivity index (χ3n) is 2.93. The van der Waals surface area contributed by atoms with Crippen LogP contribution in [0.1, 0.15) is 40.2 Å². The van der Waals surface area contributed by atoms with Crippen molar-refractivity contribution in [2.45, 2.75) is 46.2 Å². The van der Waals surface area contributed by atoms with Crippen LogP contribution >= 0.6 is 0 Å². The molecule has 1 aromatic rings. The number of ether oxygens (including phenoxy) is 1. The van der Waals surface area contributed by atoms with Crippen LogP contribution in [-0.2, 0) is 9.53 Å². The molecule has 0 saturated carbocycles. The average molecular weight is 281 g/mol. The molecular formula is C14H23N3O3. The fourth-order valence-electron chi connectivity index (χ4n) is 1.92. The molecule has 0 aliphatic carbocycles. The van der Waals surface area contributed by atoms with Crippen LogP contribution in [0.25, 0.3) is 0 Å². The van der Waals surface area contributed by atoms with Crippen LogP contribution in [0.2, 0.25) is 0 Å². The second kappa shape index (κ2) is 7.07. The summed E-state index contributed by atoms with van der Waals surface area (Å²) in [5, 5.41) is 2.91. The molecule has 0 spiro atoms. The summed E-state index contributed by atoms with van der Waals surface area (Å²) >= 11 is 0. The molecule has 0 aliphatic rings. The van der Waals surface area contributed by atoms with Crippen molar-refractivity contribution in [1.82, 2.24) is 9.55 Å². The van der Waals surface area contributed by atoms with Crippen LogP contribution in [0, 0.1) is 5.92 Å². The van der Waals surface area contributed by atoms with Crippen molar-refractivity contribution < 1.29 is 9.53 Å². The molecule has 1 atom stereocenters. The Balaban J connectivity index is 3.02. The van der Waals surface area contributed by atoms with Crippen LogP contribution in [0.3, 0.4) is 0 Å². The lowest BCUT2D eigenvalue weighted by atomic mass is 10.0. The van der Waals surface area contributed by atoms with Gasteiger partial charge in [0.25, 0.3) is 5.56 Å². The van der Waals surface area contributed by atoms with Gasteiger partial charge in [-0.05, 0) is 26.2 Å². The van der Waals surface area contributed by atoms with E-state index in [0.29, 0.717) is 12.3 Å². The third kappa shape index (κ3) is 4.08. The molecule has 1 aromatic heterocycles. The maximum absolute atomic E-state index is 12.2. The molecule has 0 amide bonds. The Morgan fingerprint density at radius 1 is 1.40 bits per heavy atom. The van der Waals surface area contributed by atoms with E-state index in [2.05, 4.69) is 10.3 Å². The smallest absolute Gasteiger partial charge is 0.328 e. The minimum absolute atomic E-state index is 0.0349. The van der Waals surface area contributed by atoms with Crippen molar-refractivity contribution >= 4 is 11.8 Å². The summed E-state index contributed by atoms with van der Waals surface area (Å²) in [6.45, 7) is 7.83. The van der Waals surface area contributed by atoms with Crippen molar-refractivity contribution in [2.75, 3.05) is 12.4 Å². The second-order valence-electron chi connectivity index (χ2n) is 5.43. The highest BCUT2D eigenvalue weighted by Gasteiger charge is 2.22. The van der Waals surface area contributed by atoms with Crippen LogP contribution in [0.5, 0.6) is 0 Å². The van der Waals surface area contributed by atoms with Gasteiger partial charge in [-0.3, -0.25) is 4.79 Å². The van der Waals surface area contributed by atoms with Crippen molar-refractivity contribution in [3.63, 3.8) is 0 Å². The van der Waals surface area contributed by atoms with Gasteiger partial charge in [0.05, 0.1) is 7.11 Å². The van der Waals surface area contributed by atoms with Gasteiger partial charge in [0.15, 0.2) is 5.82 Å². The molecule has 0 aliphatic heterocycles. The van der Waals surface area contributed by atoms with Gasteiger partial charge in [0, 0.05) is 18.4 Å². The molecule has 0 radical (unpaired) electrons. The summed E-state index contributed by atoms with van der Waals surface area (Å²) < 4.78 is 6.33. The van der Waals surface area contributed by atoms with Gasteiger partial charge >= 0.3 is 5.97 Å². The number of rotatable bonds is 6. The molecule has 6 nitrogen and oxygen atoms in total. The zero-order chi connectivity index (χ0) is 15.3. The predicted octanol–water partition coefficient (Wildman–Crippen LogP) is 1.82. The first-order valence-corrected chi connectivity index (χ1v) is 6.78. The quantitative estimate of drug-likeness (QED) is 0.805. The van der Waals surface area contributed by atoms with Gasteiger partial charge in [0.2, 0.25) is 0 Å². The summed E-state index contributed by atoms with van der Waals surface area (Å²) in [5.41, 5.74) is -0.236. The number of carbonyl (C=O) groups is 1. The molecule has 0 fully saturated rings. The molecule has 0 saturated heterocycles. The lowest BCUT2D eigenvalue weighted by Crippen LogP contribution is -2.36. The van der Waals surface area contributed by atoms with Gasteiger partial charge in [-0.2, -0.15) is 0 Å². The molecule has 1 N–H and O–H groups in total. The number of esters is 1. The minimum atomic E-state index is -0.566. The van der Waals surface area contributed by atoms with E-state index in [1.54, 1.807) is 17.0 Å². The molecule has 1 unspecified atom stereocenters. The normalized spacial score (nSPS) is 12.6. The fraction of sp³-hybridized carbons (Fsp3) is 0.643. The molecule has 112 valence electrons. The Hall–Kier alpha value is -1.85. The maximum atomic E-state index is 12.2. The van der Waals surface area contributed by atoms with Gasteiger partial charge in [-0.15, -0.1) is 0 Å². The number of anilines is 1. The lowest BCUT2D eigenvalue weighted by molar-refractivity contribution is -0.141. The first kappa shape index (κ1) is 16.2. The first-order valence-electron chi connectivity index (χ1n) is 6.78. The molecule has 1 rings (SSSR count). The molecule has 0 aromatic carbocycles. The topological polar surface area (TPSA) is 73.2 Å². The zero-order valence-corrected chi connectivity index (χ0v) is 12.7. The molecule has 1 heterocycles. The Kier molecular flexibility index (Phi) is 5.73. The van der Waals surface area contributed by atoms with Gasteiger partial charge in [-0.1, -0.05) is 13.8 Å². The van der Waals surface area contributed by atoms with Gasteiger partial charge in [0.1, 0.15) is 6.04 Å². The average Bonchev–Trinajstić information content (AvgIpc) is 2.38. The number of hydrogen-bond acceptors (Lipinski definition) is 5. The summed E-state index contributed by atoms with van der Waals surface area (Å²) in [7, 11) is 1.34. The monoisotopic (exact) mass is 281 g/mol. The lowest BCUT2D eigenvalue weighted by Gasteiger charge is -2.19. The number of nitrogens with zero attached hydrogens (tertiary/aromatic N) is 2. The van der Waals surface area contributed by atoms with Crippen molar-refractivity contribution in [3.05, 3.63) is 22.7 Å². The Morgan fingerprint density at radius 3 is 2.55 bits per heavy atom. The minimum Gasteiger partial charge on any atom is -0.467 e. The number of methoxy groups -OCH3 is 1. The highest BCUT2D eigenvalue weighted by atomic mass is 16.5. The first-order chi connectivity index (χ1) is 9.36. The van der Waals surface area contributed by atoms with E-state index < -0.39 is 6.04 Å². The number of aromatic nitrogens is 2. The highest BCUT2D eigenvalue weighted by Crippen LogP contribution is 2.10. The Bertz CT molecular complexity index is 509. The van der Waals surface area contributed by atoms with Crippen LogP contribution in [-0.4, -0.2) is 28.7 Å². The molecule has 20 heavy (non-hydrogen) atoms. The van der Waals surface area contributed by atoms with E-state index in [0.717, 1.165) is 0 Å². The van der Waals surface area contributed by atoms with Crippen molar-refractivity contribution in [3.8, 4) is 0 Å². The number of nitrogens with one attached hydrogen (secondary N) is 1. The van der Waals surface area contributed by atoms with Crippen LogP contribution in [0.15, 0.2) is 17.2 Å². The zero-order valence-electron chi connectivity index (χ0n) is 12.7.